The van der Waals surface area contributed by atoms with Crippen LogP contribution in [0.4, 0.5) is 13.2 Å². The second-order valence-corrected chi connectivity index (χ2v) is 3.72. The largest absolute Gasteiger partial charge is 0.434 e. The molecule has 0 amide bonds. The minimum absolute atomic E-state index is 0.258. The molecule has 2 aromatic rings. The Balaban J connectivity index is 2.57. The van der Waals surface area contributed by atoms with Crippen LogP contribution in [-0.4, -0.2) is 9.55 Å². The van der Waals surface area contributed by atoms with E-state index >= 15 is 0 Å². The zero-order valence-corrected chi connectivity index (χ0v) is 9.20. The van der Waals surface area contributed by atoms with Gasteiger partial charge in [-0.3, -0.25) is 0 Å². The molecular formula is C12H12F3N3. The summed E-state index contributed by atoms with van der Waals surface area (Å²) >= 11 is 0. The van der Waals surface area contributed by atoms with Crippen molar-refractivity contribution in [3.63, 3.8) is 0 Å². The van der Waals surface area contributed by atoms with Crippen molar-refractivity contribution in [3.05, 3.63) is 41.7 Å². The zero-order chi connectivity index (χ0) is 15.8. The summed E-state index contributed by atoms with van der Waals surface area (Å²) in [6.45, 7) is -2.47. The molecule has 0 fully saturated rings. The fourth-order valence-corrected chi connectivity index (χ4v) is 1.51. The average molecular weight is 258 g/mol. The zero-order valence-electron chi connectivity index (χ0n) is 12.2. The number of imidazole rings is 1. The second kappa shape index (κ2) is 4.45. The number of nitrogens with two attached hydrogens (primary N) is 1. The minimum Gasteiger partial charge on any atom is -0.333 e. The van der Waals surface area contributed by atoms with E-state index in [2.05, 4.69) is 4.98 Å². The van der Waals surface area contributed by atoms with E-state index in [4.69, 9.17) is 9.85 Å². The molecular weight excluding hydrogens is 243 g/mol. The van der Waals surface area contributed by atoms with E-state index in [1.54, 1.807) is 12.1 Å². The van der Waals surface area contributed by atoms with Crippen molar-refractivity contribution in [1.82, 2.24) is 9.55 Å². The molecule has 18 heavy (non-hydrogen) atoms. The molecule has 0 radical (unpaired) electrons. The lowest BCUT2D eigenvalue weighted by Crippen LogP contribution is -2.04. The smallest absolute Gasteiger partial charge is 0.333 e. The SMILES string of the molecule is [2H]C([2H])([2H])n1cc(C(F)(F)F)nc1-c1ccc(CN)cc1. The molecule has 2 N–H and O–H groups in total. The third kappa shape index (κ3) is 2.38. The molecule has 96 valence electrons. The molecule has 1 heterocycles. The van der Waals surface area contributed by atoms with Crippen LogP contribution in [0.15, 0.2) is 30.5 Å². The van der Waals surface area contributed by atoms with Crippen molar-refractivity contribution in [2.75, 3.05) is 0 Å². The lowest BCUT2D eigenvalue weighted by molar-refractivity contribution is -0.140. The molecule has 0 aliphatic heterocycles. The standard InChI is InChI=1S/C12H12F3N3/c1-18-7-10(12(13,14)15)17-11(18)9-4-2-8(6-16)3-5-9/h2-5,7H,6,16H2,1H3/i1D3. The van der Waals surface area contributed by atoms with Gasteiger partial charge in [0.25, 0.3) is 0 Å². The molecule has 2 rings (SSSR count). The highest BCUT2D eigenvalue weighted by Crippen LogP contribution is 2.30. The Morgan fingerprint density at radius 2 is 2.00 bits per heavy atom. The first-order chi connectivity index (χ1) is 9.63. The number of hydrogen-bond donors (Lipinski definition) is 1. The van der Waals surface area contributed by atoms with Crippen LogP contribution in [0.2, 0.25) is 0 Å². The first-order valence-electron chi connectivity index (χ1n) is 6.59. The number of hydrogen-bond acceptors (Lipinski definition) is 2. The van der Waals surface area contributed by atoms with Gasteiger partial charge in [0.15, 0.2) is 5.69 Å². The molecule has 3 nitrogen and oxygen atoms in total. The number of aryl methyl sites for hydroxylation is 1. The fraction of sp³-hybridized carbons (Fsp3) is 0.250. The molecule has 0 saturated heterocycles. The summed E-state index contributed by atoms with van der Waals surface area (Å²) in [5.74, 6) is -0.258. The van der Waals surface area contributed by atoms with E-state index in [-0.39, 0.29) is 17.9 Å². The Kier molecular flexibility index (Phi) is 2.27. The monoisotopic (exact) mass is 258 g/mol. The first kappa shape index (κ1) is 9.16. The third-order valence-electron chi connectivity index (χ3n) is 2.44. The Morgan fingerprint density at radius 3 is 2.50 bits per heavy atom. The lowest BCUT2D eigenvalue weighted by Gasteiger charge is -2.02. The van der Waals surface area contributed by atoms with Gasteiger partial charge >= 0.3 is 6.18 Å². The van der Waals surface area contributed by atoms with Gasteiger partial charge in [-0.2, -0.15) is 13.2 Å². The quantitative estimate of drug-likeness (QED) is 0.899. The highest BCUT2D eigenvalue weighted by molar-refractivity contribution is 5.56. The minimum atomic E-state index is -4.71. The van der Waals surface area contributed by atoms with Gasteiger partial charge in [0.2, 0.25) is 0 Å². The Labute approximate surface area is 106 Å². The number of halogens is 3. The van der Waals surface area contributed by atoms with Crippen molar-refractivity contribution < 1.29 is 17.3 Å². The third-order valence-corrected chi connectivity index (χ3v) is 2.44. The van der Waals surface area contributed by atoms with Crippen molar-refractivity contribution in [3.8, 4) is 11.4 Å². The summed E-state index contributed by atoms with van der Waals surface area (Å²) in [4.78, 5) is 3.42. The van der Waals surface area contributed by atoms with Crippen LogP contribution in [-0.2, 0) is 19.7 Å². The highest BCUT2D eigenvalue weighted by Gasteiger charge is 2.34. The van der Waals surface area contributed by atoms with Gasteiger partial charge in [0, 0.05) is 29.4 Å². The van der Waals surface area contributed by atoms with Crippen molar-refractivity contribution >= 4 is 0 Å². The number of nitrogens with zero attached hydrogens (tertiary/aromatic N) is 2. The Hall–Kier alpha value is -1.82. The highest BCUT2D eigenvalue weighted by atomic mass is 19.4. The fourth-order valence-electron chi connectivity index (χ4n) is 1.51. The number of benzene rings is 1. The van der Waals surface area contributed by atoms with Crippen LogP contribution < -0.4 is 5.73 Å². The molecule has 0 unspecified atom stereocenters. The number of alkyl halides is 3. The van der Waals surface area contributed by atoms with E-state index in [9.17, 15) is 13.2 Å². The van der Waals surface area contributed by atoms with Gasteiger partial charge in [0.05, 0.1) is 0 Å². The van der Waals surface area contributed by atoms with E-state index in [0.717, 1.165) is 5.56 Å². The maximum Gasteiger partial charge on any atom is 0.434 e. The van der Waals surface area contributed by atoms with E-state index in [0.29, 0.717) is 10.8 Å². The molecule has 0 saturated carbocycles. The van der Waals surface area contributed by atoms with Crippen LogP contribution in [0.5, 0.6) is 0 Å². The molecule has 1 aromatic carbocycles. The van der Waals surface area contributed by atoms with Gasteiger partial charge in [0.1, 0.15) is 5.82 Å². The molecule has 0 atom stereocenters. The predicted molar refractivity (Wildman–Crippen MR) is 61.5 cm³/mol. The summed E-state index contributed by atoms with van der Waals surface area (Å²) in [5.41, 5.74) is 5.26. The Morgan fingerprint density at radius 1 is 1.33 bits per heavy atom. The topological polar surface area (TPSA) is 43.8 Å². The van der Waals surface area contributed by atoms with E-state index in [1.165, 1.54) is 12.1 Å². The van der Waals surface area contributed by atoms with Crippen LogP contribution in [0.25, 0.3) is 11.4 Å². The summed E-state index contributed by atoms with van der Waals surface area (Å²) in [6.07, 6.45) is -4.21. The summed E-state index contributed by atoms with van der Waals surface area (Å²) in [5, 5.41) is 0. The molecule has 0 aliphatic rings. The van der Waals surface area contributed by atoms with Gasteiger partial charge < -0.3 is 10.3 Å². The second-order valence-electron chi connectivity index (χ2n) is 3.72. The maximum atomic E-state index is 12.7. The van der Waals surface area contributed by atoms with Gasteiger partial charge in [-0.15, -0.1) is 0 Å². The first-order valence-corrected chi connectivity index (χ1v) is 5.09. The predicted octanol–water partition coefficient (Wildman–Crippen LogP) is 2.56. The molecule has 0 bridgehead atoms. The van der Waals surface area contributed by atoms with Crippen LogP contribution >= 0.6 is 0 Å². The normalized spacial score (nSPS) is 15.0. The van der Waals surface area contributed by atoms with E-state index in [1.807, 2.05) is 0 Å². The van der Waals surface area contributed by atoms with Crippen molar-refractivity contribution in [2.45, 2.75) is 12.7 Å². The molecule has 0 aliphatic carbocycles. The summed E-state index contributed by atoms with van der Waals surface area (Å²) < 4.78 is 60.7. The van der Waals surface area contributed by atoms with Crippen LogP contribution in [0.1, 0.15) is 15.4 Å². The van der Waals surface area contributed by atoms with Gasteiger partial charge in [-0.25, -0.2) is 4.98 Å². The van der Waals surface area contributed by atoms with Crippen molar-refractivity contribution in [2.24, 2.45) is 12.7 Å². The van der Waals surface area contributed by atoms with E-state index < -0.39 is 18.8 Å². The molecule has 0 spiro atoms. The average Bonchev–Trinajstić information content (AvgIpc) is 2.83. The lowest BCUT2D eigenvalue weighted by atomic mass is 10.1. The number of rotatable bonds is 2. The summed E-state index contributed by atoms with van der Waals surface area (Å²) in [6, 6.07) is 6.21. The summed E-state index contributed by atoms with van der Waals surface area (Å²) in [7, 11) is 0. The van der Waals surface area contributed by atoms with Crippen molar-refractivity contribution in [1.29, 1.82) is 0 Å². The van der Waals surface area contributed by atoms with Crippen LogP contribution in [0.3, 0.4) is 0 Å². The number of aromatic nitrogens is 2. The molecule has 1 aromatic heterocycles. The molecule has 6 heteroatoms. The van der Waals surface area contributed by atoms with Gasteiger partial charge in [-0.05, 0) is 5.56 Å². The maximum absolute atomic E-state index is 12.7. The van der Waals surface area contributed by atoms with Crippen LogP contribution in [0, 0.1) is 0 Å². The Bertz CT molecular complexity index is 630. The van der Waals surface area contributed by atoms with Gasteiger partial charge in [-0.1, -0.05) is 24.3 Å².